The number of thiazole rings is 1. The zero-order valence-corrected chi connectivity index (χ0v) is 8.99. The molecule has 0 amide bonds. The maximum atomic E-state index is 10.6. The second-order valence-corrected chi connectivity index (χ2v) is 4.22. The van der Waals surface area contributed by atoms with E-state index in [1.165, 1.54) is 11.3 Å². The van der Waals surface area contributed by atoms with Crippen molar-refractivity contribution in [3.05, 3.63) is 23.0 Å². The lowest BCUT2D eigenvalue weighted by atomic mass is 10.1. The molecule has 1 atom stereocenters. The van der Waals surface area contributed by atoms with Gasteiger partial charge in [-0.05, 0) is 6.92 Å². The Balaban J connectivity index is 2.44. The first-order valence-electron chi connectivity index (χ1n) is 4.49. The van der Waals surface area contributed by atoms with Crippen molar-refractivity contribution in [2.24, 2.45) is 5.73 Å². The van der Waals surface area contributed by atoms with Crippen LogP contribution in [0.4, 0.5) is 0 Å². The van der Waals surface area contributed by atoms with E-state index >= 15 is 0 Å². The molecule has 2 aromatic rings. The monoisotopic (exact) mass is 225 g/mol. The highest BCUT2D eigenvalue weighted by Gasteiger charge is 2.18. The van der Waals surface area contributed by atoms with E-state index in [4.69, 9.17) is 10.8 Å². The summed E-state index contributed by atoms with van der Waals surface area (Å²) in [6.07, 6.45) is 1.78. The van der Waals surface area contributed by atoms with Gasteiger partial charge in [-0.3, -0.25) is 9.20 Å². The second-order valence-electron chi connectivity index (χ2n) is 3.34. The normalized spacial score (nSPS) is 13.2. The number of carboxylic acids is 1. The Bertz CT molecular complexity index is 502. The van der Waals surface area contributed by atoms with Crippen LogP contribution in [0.5, 0.6) is 0 Å². The molecule has 6 heteroatoms. The summed E-state index contributed by atoms with van der Waals surface area (Å²) in [6.45, 7) is 1.84. The molecule has 5 nitrogen and oxygen atoms in total. The highest BCUT2D eigenvalue weighted by atomic mass is 32.1. The van der Waals surface area contributed by atoms with Crippen molar-refractivity contribution in [1.29, 1.82) is 0 Å². The highest BCUT2D eigenvalue weighted by molar-refractivity contribution is 7.15. The molecule has 0 saturated heterocycles. The van der Waals surface area contributed by atoms with E-state index in [0.29, 0.717) is 0 Å². The number of rotatable bonds is 3. The van der Waals surface area contributed by atoms with E-state index in [-0.39, 0.29) is 6.42 Å². The molecular formula is C9H11N3O2S. The maximum absolute atomic E-state index is 10.6. The molecule has 2 rings (SSSR count). The standard InChI is InChI=1S/C9H11N3O2S/c1-5-8(6(10)4-7(13)14)12-2-3-15-9(12)11-5/h2-3,6H,4,10H2,1H3,(H,13,14). The van der Waals surface area contributed by atoms with Crippen LogP contribution in [0.25, 0.3) is 4.96 Å². The summed E-state index contributed by atoms with van der Waals surface area (Å²) in [5.74, 6) is -0.896. The predicted octanol–water partition coefficient (Wildman–Crippen LogP) is 1.18. The van der Waals surface area contributed by atoms with Crippen LogP contribution < -0.4 is 5.73 Å². The SMILES string of the molecule is Cc1nc2sccn2c1C(N)CC(=O)O. The Morgan fingerprint density at radius 3 is 3.20 bits per heavy atom. The van der Waals surface area contributed by atoms with Crippen molar-refractivity contribution in [3.8, 4) is 0 Å². The Kier molecular flexibility index (Phi) is 2.45. The van der Waals surface area contributed by atoms with Gasteiger partial charge in [-0.1, -0.05) is 0 Å². The van der Waals surface area contributed by atoms with Crippen molar-refractivity contribution >= 4 is 22.3 Å². The number of fused-ring (bicyclic) bond motifs is 1. The first-order valence-corrected chi connectivity index (χ1v) is 5.37. The van der Waals surface area contributed by atoms with Gasteiger partial charge in [-0.25, -0.2) is 4.98 Å². The number of hydrogen-bond acceptors (Lipinski definition) is 4. The van der Waals surface area contributed by atoms with Crippen molar-refractivity contribution in [2.45, 2.75) is 19.4 Å². The van der Waals surface area contributed by atoms with Crippen LogP contribution in [-0.2, 0) is 4.79 Å². The molecule has 0 aromatic carbocycles. The van der Waals surface area contributed by atoms with Crippen LogP contribution in [0.3, 0.4) is 0 Å². The maximum Gasteiger partial charge on any atom is 0.305 e. The van der Waals surface area contributed by atoms with Gasteiger partial charge in [0.1, 0.15) is 0 Å². The molecule has 3 N–H and O–H groups in total. The van der Waals surface area contributed by atoms with Gasteiger partial charge >= 0.3 is 5.97 Å². The molecule has 1 unspecified atom stereocenters. The molecule has 0 saturated carbocycles. The van der Waals surface area contributed by atoms with Gasteiger partial charge < -0.3 is 10.8 Å². The number of nitrogens with two attached hydrogens (primary N) is 1. The molecule has 2 aromatic heterocycles. The van der Waals surface area contributed by atoms with Crippen LogP contribution in [0.2, 0.25) is 0 Å². The number of carbonyl (C=O) groups is 1. The summed E-state index contributed by atoms with van der Waals surface area (Å²) in [4.78, 5) is 15.7. The molecule has 0 bridgehead atoms. The summed E-state index contributed by atoms with van der Waals surface area (Å²) in [5.41, 5.74) is 7.42. The van der Waals surface area contributed by atoms with Crippen molar-refractivity contribution in [3.63, 3.8) is 0 Å². The number of carboxylic acid groups (broad SMARTS) is 1. The third-order valence-corrected chi connectivity index (χ3v) is 2.99. The lowest BCUT2D eigenvalue weighted by molar-refractivity contribution is -0.137. The zero-order valence-electron chi connectivity index (χ0n) is 8.17. The molecule has 80 valence electrons. The summed E-state index contributed by atoms with van der Waals surface area (Å²) < 4.78 is 1.85. The van der Waals surface area contributed by atoms with Gasteiger partial charge in [-0.15, -0.1) is 11.3 Å². The van der Waals surface area contributed by atoms with Gasteiger partial charge in [0.25, 0.3) is 0 Å². The largest absolute Gasteiger partial charge is 0.481 e. The predicted molar refractivity (Wildman–Crippen MR) is 57.0 cm³/mol. The number of aryl methyl sites for hydroxylation is 1. The molecule has 0 aliphatic heterocycles. The highest BCUT2D eigenvalue weighted by Crippen LogP contribution is 2.22. The molecule has 0 spiro atoms. The average Bonchev–Trinajstić information content (AvgIpc) is 2.60. The molecule has 0 aliphatic rings. The molecule has 2 heterocycles. The number of aliphatic carboxylic acids is 1. The van der Waals surface area contributed by atoms with Gasteiger partial charge in [-0.2, -0.15) is 0 Å². The summed E-state index contributed by atoms with van der Waals surface area (Å²) in [6, 6.07) is -0.507. The van der Waals surface area contributed by atoms with Gasteiger partial charge in [0.05, 0.1) is 23.9 Å². The van der Waals surface area contributed by atoms with Crippen LogP contribution in [0.15, 0.2) is 11.6 Å². The summed E-state index contributed by atoms with van der Waals surface area (Å²) in [7, 11) is 0. The summed E-state index contributed by atoms with van der Waals surface area (Å²) >= 11 is 1.51. The first-order chi connectivity index (χ1) is 7.09. The first kappa shape index (κ1) is 10.1. The molecular weight excluding hydrogens is 214 g/mol. The third kappa shape index (κ3) is 1.73. The van der Waals surface area contributed by atoms with E-state index in [9.17, 15) is 4.79 Å². The number of nitrogens with zero attached hydrogens (tertiary/aromatic N) is 2. The molecule has 15 heavy (non-hydrogen) atoms. The topological polar surface area (TPSA) is 80.6 Å². The Morgan fingerprint density at radius 2 is 2.53 bits per heavy atom. The van der Waals surface area contributed by atoms with Crippen LogP contribution in [0.1, 0.15) is 23.9 Å². The number of imidazole rings is 1. The zero-order chi connectivity index (χ0) is 11.0. The minimum absolute atomic E-state index is 0.0789. The fourth-order valence-corrected chi connectivity index (χ4v) is 2.41. The lowest BCUT2D eigenvalue weighted by Crippen LogP contribution is -2.17. The van der Waals surface area contributed by atoms with Crippen molar-refractivity contribution < 1.29 is 9.90 Å². The Labute approximate surface area is 90.2 Å². The number of hydrogen-bond donors (Lipinski definition) is 2. The Hall–Kier alpha value is -1.40. The van der Waals surface area contributed by atoms with Crippen LogP contribution in [-0.4, -0.2) is 20.5 Å². The fourth-order valence-electron chi connectivity index (χ4n) is 1.64. The molecule has 0 aliphatic carbocycles. The van der Waals surface area contributed by atoms with Gasteiger partial charge in [0.2, 0.25) is 0 Å². The minimum Gasteiger partial charge on any atom is -0.481 e. The molecule has 0 fully saturated rings. The quantitative estimate of drug-likeness (QED) is 0.821. The molecule has 0 radical (unpaired) electrons. The fraction of sp³-hybridized carbons (Fsp3) is 0.333. The van der Waals surface area contributed by atoms with Crippen molar-refractivity contribution in [2.75, 3.05) is 0 Å². The van der Waals surface area contributed by atoms with Crippen LogP contribution >= 0.6 is 11.3 Å². The van der Waals surface area contributed by atoms with Gasteiger partial charge in [0, 0.05) is 11.6 Å². The average molecular weight is 225 g/mol. The smallest absolute Gasteiger partial charge is 0.305 e. The van der Waals surface area contributed by atoms with E-state index in [2.05, 4.69) is 4.98 Å². The van der Waals surface area contributed by atoms with E-state index in [1.807, 2.05) is 22.9 Å². The van der Waals surface area contributed by atoms with E-state index in [1.54, 1.807) is 0 Å². The second kappa shape index (κ2) is 3.63. The third-order valence-electron chi connectivity index (χ3n) is 2.23. The van der Waals surface area contributed by atoms with Crippen LogP contribution in [0, 0.1) is 6.92 Å². The lowest BCUT2D eigenvalue weighted by Gasteiger charge is -2.08. The number of aromatic nitrogens is 2. The summed E-state index contributed by atoms with van der Waals surface area (Å²) in [5, 5.41) is 10.6. The van der Waals surface area contributed by atoms with E-state index in [0.717, 1.165) is 16.3 Å². The van der Waals surface area contributed by atoms with E-state index < -0.39 is 12.0 Å². The van der Waals surface area contributed by atoms with Crippen molar-refractivity contribution in [1.82, 2.24) is 9.38 Å². The minimum atomic E-state index is -0.896. The van der Waals surface area contributed by atoms with Gasteiger partial charge in [0.15, 0.2) is 4.96 Å². The Morgan fingerprint density at radius 1 is 1.80 bits per heavy atom.